The average Bonchev–Trinajstić information content (AvgIpc) is 2.68. The molecule has 0 amide bonds. The Morgan fingerprint density at radius 3 is 1.35 bits per heavy atom. The molecular weight excluding hydrogens is 316 g/mol. The molecule has 0 N–H and O–H groups in total. The number of nitrogens with zero attached hydrogens (tertiary/aromatic N) is 2. The SMILES string of the molecule is Cc1cc(C2CCCCC2)cc(-c2cc(C3CCCCC3)cc(C)n2)n1. The van der Waals surface area contributed by atoms with Gasteiger partial charge in [0.25, 0.3) is 0 Å². The maximum Gasteiger partial charge on any atom is 0.0892 e. The summed E-state index contributed by atoms with van der Waals surface area (Å²) in [5, 5.41) is 0. The van der Waals surface area contributed by atoms with Crippen LogP contribution >= 0.6 is 0 Å². The van der Waals surface area contributed by atoms with E-state index in [2.05, 4.69) is 38.1 Å². The highest BCUT2D eigenvalue weighted by Crippen LogP contribution is 2.36. The van der Waals surface area contributed by atoms with E-state index in [-0.39, 0.29) is 0 Å². The van der Waals surface area contributed by atoms with Crippen LogP contribution < -0.4 is 0 Å². The van der Waals surface area contributed by atoms with Crippen molar-refractivity contribution >= 4 is 0 Å². The Balaban J connectivity index is 1.68. The molecule has 0 saturated heterocycles. The molecule has 2 aliphatic carbocycles. The number of rotatable bonds is 3. The van der Waals surface area contributed by atoms with Crippen LogP contribution in [0.15, 0.2) is 24.3 Å². The van der Waals surface area contributed by atoms with Crippen LogP contribution in [0.1, 0.15) is 98.6 Å². The number of hydrogen-bond donors (Lipinski definition) is 0. The second kappa shape index (κ2) is 7.90. The lowest BCUT2D eigenvalue weighted by molar-refractivity contribution is 0.443. The summed E-state index contributed by atoms with van der Waals surface area (Å²) >= 11 is 0. The van der Waals surface area contributed by atoms with Crippen molar-refractivity contribution < 1.29 is 0 Å². The van der Waals surface area contributed by atoms with Crippen LogP contribution in [-0.2, 0) is 0 Å². The molecule has 2 fully saturated rings. The zero-order chi connectivity index (χ0) is 17.9. The molecular formula is C24H32N2. The molecule has 2 heteroatoms. The minimum absolute atomic E-state index is 0.715. The highest BCUT2D eigenvalue weighted by molar-refractivity contribution is 5.57. The molecule has 0 unspecified atom stereocenters. The van der Waals surface area contributed by atoms with Crippen molar-refractivity contribution in [1.82, 2.24) is 9.97 Å². The van der Waals surface area contributed by atoms with Crippen LogP contribution in [-0.4, -0.2) is 9.97 Å². The van der Waals surface area contributed by atoms with Crippen LogP contribution in [0.25, 0.3) is 11.4 Å². The minimum atomic E-state index is 0.715. The molecule has 2 aliphatic rings. The predicted octanol–water partition coefficient (Wildman–Crippen LogP) is 6.86. The molecule has 2 nitrogen and oxygen atoms in total. The second-order valence-corrected chi connectivity index (χ2v) is 8.52. The van der Waals surface area contributed by atoms with Gasteiger partial charge in [0.15, 0.2) is 0 Å². The summed E-state index contributed by atoms with van der Waals surface area (Å²) in [4.78, 5) is 9.73. The van der Waals surface area contributed by atoms with Gasteiger partial charge in [-0.2, -0.15) is 0 Å². The van der Waals surface area contributed by atoms with Gasteiger partial charge in [0.05, 0.1) is 11.4 Å². The van der Waals surface area contributed by atoms with Gasteiger partial charge in [-0.05, 0) is 86.8 Å². The average molecular weight is 349 g/mol. The fraction of sp³-hybridized carbons (Fsp3) is 0.583. The van der Waals surface area contributed by atoms with Crippen molar-refractivity contribution in [3.8, 4) is 11.4 Å². The predicted molar refractivity (Wildman–Crippen MR) is 109 cm³/mol. The lowest BCUT2D eigenvalue weighted by Gasteiger charge is -2.24. The van der Waals surface area contributed by atoms with Crippen LogP contribution in [0.3, 0.4) is 0 Å². The standard InChI is InChI=1S/C24H32N2/c1-17-13-21(19-9-5-3-6-10-19)15-23(25-17)24-16-22(14-18(2)26-24)20-11-7-4-8-12-20/h13-16,19-20H,3-12H2,1-2H3. The van der Waals surface area contributed by atoms with Crippen molar-refractivity contribution in [1.29, 1.82) is 0 Å². The summed E-state index contributed by atoms with van der Waals surface area (Å²) in [7, 11) is 0. The minimum Gasteiger partial charge on any atom is -0.251 e. The monoisotopic (exact) mass is 348 g/mol. The zero-order valence-electron chi connectivity index (χ0n) is 16.4. The Hall–Kier alpha value is -1.70. The number of aryl methyl sites for hydroxylation is 2. The van der Waals surface area contributed by atoms with E-state index in [1.807, 2.05) is 0 Å². The summed E-state index contributed by atoms with van der Waals surface area (Å²) < 4.78 is 0. The molecule has 26 heavy (non-hydrogen) atoms. The first-order valence-electron chi connectivity index (χ1n) is 10.7. The number of pyridine rings is 2. The van der Waals surface area contributed by atoms with E-state index in [9.17, 15) is 0 Å². The van der Waals surface area contributed by atoms with Crippen LogP contribution in [0.5, 0.6) is 0 Å². The lowest BCUT2D eigenvalue weighted by Crippen LogP contribution is -2.07. The van der Waals surface area contributed by atoms with Crippen molar-refractivity contribution in [3.05, 3.63) is 46.8 Å². The third-order valence-corrected chi connectivity index (χ3v) is 6.37. The third kappa shape index (κ3) is 4.00. The van der Waals surface area contributed by atoms with Crippen LogP contribution in [0.4, 0.5) is 0 Å². The van der Waals surface area contributed by atoms with Crippen molar-refractivity contribution in [2.24, 2.45) is 0 Å². The first-order valence-corrected chi connectivity index (χ1v) is 10.7. The Morgan fingerprint density at radius 1 is 0.577 bits per heavy atom. The zero-order valence-corrected chi connectivity index (χ0v) is 16.4. The Bertz CT molecular complexity index is 687. The van der Waals surface area contributed by atoms with Gasteiger partial charge in [0.1, 0.15) is 0 Å². The topological polar surface area (TPSA) is 25.8 Å². The number of aromatic nitrogens is 2. The Kier molecular flexibility index (Phi) is 5.38. The van der Waals surface area contributed by atoms with E-state index >= 15 is 0 Å². The van der Waals surface area contributed by atoms with Crippen LogP contribution in [0.2, 0.25) is 0 Å². The van der Waals surface area contributed by atoms with E-state index in [4.69, 9.17) is 9.97 Å². The van der Waals surface area contributed by atoms with Crippen molar-refractivity contribution in [2.75, 3.05) is 0 Å². The summed E-state index contributed by atoms with van der Waals surface area (Å²) in [5.74, 6) is 1.43. The van der Waals surface area contributed by atoms with Gasteiger partial charge >= 0.3 is 0 Å². The van der Waals surface area contributed by atoms with E-state index in [1.54, 1.807) is 0 Å². The van der Waals surface area contributed by atoms with E-state index in [0.717, 1.165) is 22.8 Å². The summed E-state index contributed by atoms with van der Waals surface area (Å²) in [6, 6.07) is 9.26. The van der Waals surface area contributed by atoms with Gasteiger partial charge in [0, 0.05) is 11.4 Å². The fourth-order valence-corrected chi connectivity index (χ4v) is 5.00. The first-order chi connectivity index (χ1) is 12.7. The van der Waals surface area contributed by atoms with E-state index in [1.165, 1.54) is 75.3 Å². The van der Waals surface area contributed by atoms with Gasteiger partial charge in [-0.15, -0.1) is 0 Å². The van der Waals surface area contributed by atoms with E-state index in [0.29, 0.717) is 11.8 Å². The maximum atomic E-state index is 4.86. The molecule has 0 aliphatic heterocycles. The van der Waals surface area contributed by atoms with Gasteiger partial charge in [-0.1, -0.05) is 38.5 Å². The second-order valence-electron chi connectivity index (χ2n) is 8.52. The van der Waals surface area contributed by atoms with Gasteiger partial charge in [0.2, 0.25) is 0 Å². The normalized spacial score (nSPS) is 19.6. The maximum absolute atomic E-state index is 4.86. The molecule has 2 aromatic heterocycles. The number of hydrogen-bond acceptors (Lipinski definition) is 2. The van der Waals surface area contributed by atoms with Crippen LogP contribution in [0, 0.1) is 13.8 Å². The largest absolute Gasteiger partial charge is 0.251 e. The molecule has 0 bridgehead atoms. The molecule has 138 valence electrons. The highest BCUT2D eigenvalue weighted by Gasteiger charge is 2.19. The Morgan fingerprint density at radius 2 is 0.962 bits per heavy atom. The Labute approximate surface area is 158 Å². The molecule has 4 rings (SSSR count). The molecule has 2 aromatic rings. The molecule has 0 radical (unpaired) electrons. The summed E-state index contributed by atoms with van der Waals surface area (Å²) in [5.41, 5.74) is 7.37. The van der Waals surface area contributed by atoms with Gasteiger partial charge < -0.3 is 0 Å². The van der Waals surface area contributed by atoms with Gasteiger partial charge in [-0.3, -0.25) is 9.97 Å². The molecule has 2 heterocycles. The molecule has 0 aromatic carbocycles. The third-order valence-electron chi connectivity index (χ3n) is 6.37. The van der Waals surface area contributed by atoms with E-state index < -0.39 is 0 Å². The lowest BCUT2D eigenvalue weighted by atomic mass is 9.83. The fourth-order valence-electron chi connectivity index (χ4n) is 5.00. The summed E-state index contributed by atoms with van der Waals surface area (Å²) in [6.07, 6.45) is 13.6. The summed E-state index contributed by atoms with van der Waals surface area (Å²) in [6.45, 7) is 4.27. The highest BCUT2D eigenvalue weighted by atomic mass is 14.8. The van der Waals surface area contributed by atoms with Gasteiger partial charge in [-0.25, -0.2) is 0 Å². The first kappa shape index (κ1) is 17.7. The quantitative estimate of drug-likeness (QED) is 0.605. The molecule has 0 atom stereocenters. The van der Waals surface area contributed by atoms with Crippen molar-refractivity contribution in [3.63, 3.8) is 0 Å². The molecule has 2 saturated carbocycles. The van der Waals surface area contributed by atoms with Crippen molar-refractivity contribution in [2.45, 2.75) is 89.9 Å². The molecule has 0 spiro atoms. The smallest absolute Gasteiger partial charge is 0.0892 e.